The van der Waals surface area contributed by atoms with E-state index in [2.05, 4.69) is 14.9 Å². The number of nitrogens with zero attached hydrogens (tertiary/aromatic N) is 2. The van der Waals surface area contributed by atoms with Crippen LogP contribution in [0.5, 0.6) is 0 Å². The number of aryl methyl sites for hydroxylation is 2. The molecule has 130 valence electrons. The number of benzene rings is 1. The summed E-state index contributed by atoms with van der Waals surface area (Å²) in [4.78, 5) is 30.4. The maximum atomic E-state index is 12.0. The number of carbonyl (C=O) groups is 2. The second kappa shape index (κ2) is 7.61. The molecule has 0 radical (unpaired) electrons. The molecule has 0 unspecified atom stereocenters. The van der Waals surface area contributed by atoms with Crippen molar-refractivity contribution in [2.75, 3.05) is 6.54 Å². The van der Waals surface area contributed by atoms with Crippen molar-refractivity contribution in [3.63, 3.8) is 0 Å². The van der Waals surface area contributed by atoms with Crippen molar-refractivity contribution in [1.29, 1.82) is 0 Å². The van der Waals surface area contributed by atoms with Gasteiger partial charge in [0.15, 0.2) is 5.78 Å². The number of nitrogens with one attached hydrogen (secondary N) is 1. The number of para-hydroxylation sites is 2. The number of amides is 1. The largest absolute Gasteiger partial charge is 0.354 e. The summed E-state index contributed by atoms with van der Waals surface area (Å²) in [7, 11) is 0. The molecule has 0 aliphatic rings. The van der Waals surface area contributed by atoms with Crippen LogP contribution >= 0.6 is 11.3 Å². The lowest BCUT2D eigenvalue weighted by Gasteiger charge is -2.08. The van der Waals surface area contributed by atoms with E-state index >= 15 is 0 Å². The van der Waals surface area contributed by atoms with Gasteiger partial charge < -0.3 is 9.88 Å². The molecule has 1 N–H and O–H groups in total. The molecule has 0 bridgehead atoms. The van der Waals surface area contributed by atoms with Crippen molar-refractivity contribution in [2.24, 2.45) is 0 Å². The lowest BCUT2D eigenvalue weighted by atomic mass is 10.2. The van der Waals surface area contributed by atoms with Crippen LogP contribution in [0.3, 0.4) is 0 Å². The zero-order valence-corrected chi connectivity index (χ0v) is 15.2. The summed E-state index contributed by atoms with van der Waals surface area (Å²) in [6.45, 7) is 5.11. The lowest BCUT2D eigenvalue weighted by Crippen LogP contribution is -2.27. The maximum Gasteiger partial charge on any atom is 0.220 e. The normalized spacial score (nSPS) is 11.0. The summed E-state index contributed by atoms with van der Waals surface area (Å²) in [6, 6.07) is 11.7. The number of Topliss-reactive ketones (excluding diaryl/α,β-unsaturated/α-hetero) is 1. The Morgan fingerprint density at radius 2 is 1.92 bits per heavy atom. The average molecular weight is 355 g/mol. The Hall–Kier alpha value is -2.47. The van der Waals surface area contributed by atoms with Gasteiger partial charge in [-0.15, -0.1) is 11.3 Å². The molecule has 2 aromatic heterocycles. The average Bonchev–Trinajstić information content (AvgIpc) is 3.16. The molecule has 0 atom stereocenters. The molecular weight excluding hydrogens is 334 g/mol. The fourth-order valence-corrected chi connectivity index (χ4v) is 3.64. The molecule has 0 saturated heterocycles. The Morgan fingerprint density at radius 1 is 1.12 bits per heavy atom. The van der Waals surface area contributed by atoms with E-state index in [1.165, 1.54) is 11.3 Å². The molecule has 0 aliphatic heterocycles. The molecule has 2 heterocycles. The first-order valence-corrected chi connectivity index (χ1v) is 9.14. The fraction of sp³-hybridized carbons (Fsp3) is 0.316. The number of ketones is 1. The molecule has 0 aliphatic carbocycles. The smallest absolute Gasteiger partial charge is 0.220 e. The summed E-state index contributed by atoms with van der Waals surface area (Å²) >= 11 is 1.47. The van der Waals surface area contributed by atoms with E-state index in [4.69, 9.17) is 0 Å². The highest BCUT2D eigenvalue weighted by molar-refractivity contribution is 7.14. The van der Waals surface area contributed by atoms with Gasteiger partial charge in [-0.25, -0.2) is 4.98 Å². The van der Waals surface area contributed by atoms with Crippen LogP contribution in [0, 0.1) is 13.8 Å². The minimum atomic E-state index is -0.0938. The van der Waals surface area contributed by atoms with Crippen LogP contribution in [0.25, 0.3) is 11.0 Å². The lowest BCUT2D eigenvalue weighted by molar-refractivity contribution is -0.121. The van der Waals surface area contributed by atoms with Gasteiger partial charge in [0, 0.05) is 30.8 Å². The number of rotatable bonds is 7. The molecule has 3 aromatic rings. The molecule has 1 aromatic carbocycles. The number of imidazole rings is 1. The fourth-order valence-electron chi connectivity index (χ4n) is 2.81. The van der Waals surface area contributed by atoms with Crippen LogP contribution in [0.2, 0.25) is 0 Å². The van der Waals surface area contributed by atoms with Gasteiger partial charge in [0.1, 0.15) is 5.82 Å². The van der Waals surface area contributed by atoms with Gasteiger partial charge in [-0.2, -0.15) is 0 Å². The summed E-state index contributed by atoms with van der Waals surface area (Å²) in [5, 5.41) is 2.89. The van der Waals surface area contributed by atoms with Crippen LogP contribution in [0.1, 0.15) is 33.2 Å². The molecule has 0 fully saturated rings. The van der Waals surface area contributed by atoms with Crippen molar-refractivity contribution in [3.05, 3.63) is 52.0 Å². The molecule has 6 heteroatoms. The number of aromatic nitrogens is 2. The third kappa shape index (κ3) is 4.14. The molecule has 5 nitrogen and oxygen atoms in total. The third-order valence-corrected chi connectivity index (χ3v) is 5.14. The van der Waals surface area contributed by atoms with Gasteiger partial charge in [0.05, 0.1) is 15.9 Å². The van der Waals surface area contributed by atoms with E-state index in [0.29, 0.717) is 13.1 Å². The summed E-state index contributed by atoms with van der Waals surface area (Å²) in [5.41, 5.74) is 2.03. The molecular formula is C19H21N3O2S. The monoisotopic (exact) mass is 355 g/mol. The van der Waals surface area contributed by atoms with E-state index in [1.54, 1.807) is 0 Å². The minimum absolute atomic E-state index is 0.0321. The number of hydrogen-bond acceptors (Lipinski definition) is 4. The minimum Gasteiger partial charge on any atom is -0.354 e. The molecule has 3 rings (SSSR count). The van der Waals surface area contributed by atoms with Crippen LogP contribution < -0.4 is 5.32 Å². The zero-order valence-electron chi connectivity index (χ0n) is 14.4. The Morgan fingerprint density at radius 3 is 2.68 bits per heavy atom. The van der Waals surface area contributed by atoms with E-state index in [-0.39, 0.29) is 24.5 Å². The van der Waals surface area contributed by atoms with E-state index in [9.17, 15) is 9.59 Å². The number of thiophene rings is 1. The predicted molar refractivity (Wildman–Crippen MR) is 100 cm³/mol. The first-order valence-electron chi connectivity index (χ1n) is 8.33. The molecule has 25 heavy (non-hydrogen) atoms. The van der Waals surface area contributed by atoms with E-state index < -0.39 is 0 Å². The molecule has 0 spiro atoms. The molecule has 0 saturated carbocycles. The van der Waals surface area contributed by atoms with Crippen LogP contribution in [-0.2, 0) is 11.3 Å². The second-order valence-electron chi connectivity index (χ2n) is 5.98. The Kier molecular flexibility index (Phi) is 5.28. The Labute approximate surface area is 150 Å². The highest BCUT2D eigenvalue weighted by Gasteiger charge is 2.11. The van der Waals surface area contributed by atoms with Crippen molar-refractivity contribution in [2.45, 2.75) is 33.2 Å². The number of carbonyl (C=O) groups excluding carboxylic acids is 2. The van der Waals surface area contributed by atoms with Crippen LogP contribution in [0.4, 0.5) is 0 Å². The SMILES string of the molecule is Cc1ccc(C(=O)CCC(=O)NCCn2c(C)nc3ccccc32)s1. The third-order valence-electron chi connectivity index (χ3n) is 4.10. The first kappa shape index (κ1) is 17.4. The number of fused-ring (bicyclic) bond motifs is 1. The highest BCUT2D eigenvalue weighted by atomic mass is 32.1. The van der Waals surface area contributed by atoms with Gasteiger partial charge in [0.2, 0.25) is 5.91 Å². The summed E-state index contributed by atoms with van der Waals surface area (Å²) in [6.07, 6.45) is 0.470. The summed E-state index contributed by atoms with van der Waals surface area (Å²) in [5.74, 6) is 0.868. The van der Waals surface area contributed by atoms with Gasteiger partial charge in [-0.1, -0.05) is 12.1 Å². The van der Waals surface area contributed by atoms with Crippen molar-refractivity contribution < 1.29 is 9.59 Å². The second-order valence-corrected chi connectivity index (χ2v) is 7.27. The first-order chi connectivity index (χ1) is 12.0. The Bertz CT molecular complexity index is 910. The Balaban J connectivity index is 1.48. The highest BCUT2D eigenvalue weighted by Crippen LogP contribution is 2.17. The van der Waals surface area contributed by atoms with E-state index in [1.807, 2.05) is 50.2 Å². The van der Waals surface area contributed by atoms with Crippen molar-refractivity contribution >= 4 is 34.1 Å². The van der Waals surface area contributed by atoms with Crippen molar-refractivity contribution in [1.82, 2.24) is 14.9 Å². The standard InChI is InChI=1S/C19H21N3O2S/c1-13-7-9-18(25-13)17(23)8-10-19(24)20-11-12-22-14(2)21-15-5-3-4-6-16(15)22/h3-7,9H,8,10-12H2,1-2H3,(H,20,24). The maximum absolute atomic E-state index is 12.0. The quantitative estimate of drug-likeness (QED) is 0.660. The van der Waals surface area contributed by atoms with E-state index in [0.717, 1.165) is 26.6 Å². The van der Waals surface area contributed by atoms with Gasteiger partial charge >= 0.3 is 0 Å². The summed E-state index contributed by atoms with van der Waals surface area (Å²) < 4.78 is 2.09. The van der Waals surface area contributed by atoms with Gasteiger partial charge in [0.25, 0.3) is 0 Å². The van der Waals surface area contributed by atoms with Crippen molar-refractivity contribution in [3.8, 4) is 0 Å². The number of hydrogen-bond donors (Lipinski definition) is 1. The topological polar surface area (TPSA) is 64.0 Å². The molecule has 1 amide bonds. The van der Waals surface area contributed by atoms with Gasteiger partial charge in [-0.05, 0) is 38.1 Å². The van der Waals surface area contributed by atoms with Crippen LogP contribution in [0.15, 0.2) is 36.4 Å². The zero-order chi connectivity index (χ0) is 17.8. The van der Waals surface area contributed by atoms with Crippen LogP contribution in [-0.4, -0.2) is 27.8 Å². The predicted octanol–water partition coefficient (Wildman–Crippen LogP) is 3.49. The van der Waals surface area contributed by atoms with Gasteiger partial charge in [-0.3, -0.25) is 9.59 Å².